The van der Waals surface area contributed by atoms with Gasteiger partial charge in [-0.3, -0.25) is 4.79 Å². The monoisotopic (exact) mass is 411 g/mol. The number of hydrogen-bond donors (Lipinski definition) is 1. The van der Waals surface area contributed by atoms with Crippen molar-refractivity contribution < 1.29 is 9.18 Å². The largest absolute Gasteiger partial charge is 0.354 e. The summed E-state index contributed by atoms with van der Waals surface area (Å²) in [6, 6.07) is 12.7. The zero-order valence-electron chi connectivity index (χ0n) is 17.2. The fraction of sp³-hybridized carbons (Fsp3) is 0.304. The Labute approximate surface area is 175 Å². The number of benzene rings is 2. The van der Waals surface area contributed by atoms with Crippen molar-refractivity contribution in [3.63, 3.8) is 0 Å². The zero-order valence-corrected chi connectivity index (χ0v) is 18.0. The van der Waals surface area contributed by atoms with Crippen molar-refractivity contribution in [1.29, 1.82) is 0 Å². The number of amides is 1. The highest BCUT2D eigenvalue weighted by molar-refractivity contribution is 7.13. The van der Waals surface area contributed by atoms with Gasteiger partial charge in [-0.25, -0.2) is 9.37 Å². The van der Waals surface area contributed by atoms with Crippen LogP contribution in [0.4, 0.5) is 4.39 Å². The summed E-state index contributed by atoms with van der Waals surface area (Å²) in [4.78, 5) is 19.1. The lowest BCUT2D eigenvalue weighted by molar-refractivity contribution is -0.120. The first-order valence-corrected chi connectivity index (χ1v) is 10.4. The number of likely N-dealkylation sites (N-methyl/N-ethyl adjacent to an activating group) is 1. The Morgan fingerprint density at radius 1 is 1.21 bits per heavy atom. The van der Waals surface area contributed by atoms with E-state index in [2.05, 4.69) is 42.3 Å². The summed E-state index contributed by atoms with van der Waals surface area (Å²) < 4.78 is 13.6. The molecule has 6 heteroatoms. The highest BCUT2D eigenvalue weighted by Crippen LogP contribution is 2.27. The lowest BCUT2D eigenvalue weighted by atomic mass is 10.1. The molecule has 0 aliphatic rings. The topological polar surface area (TPSA) is 45.2 Å². The molecule has 2 aromatic carbocycles. The van der Waals surface area contributed by atoms with E-state index in [-0.39, 0.29) is 24.2 Å². The van der Waals surface area contributed by atoms with E-state index in [0.29, 0.717) is 6.54 Å². The smallest absolute Gasteiger partial charge is 0.226 e. The van der Waals surface area contributed by atoms with Crippen molar-refractivity contribution in [3.05, 3.63) is 76.0 Å². The maximum absolute atomic E-state index is 13.6. The number of halogens is 1. The van der Waals surface area contributed by atoms with Gasteiger partial charge in [-0.15, -0.1) is 11.3 Å². The maximum atomic E-state index is 13.6. The summed E-state index contributed by atoms with van der Waals surface area (Å²) in [5.74, 6) is -0.368. The third kappa shape index (κ3) is 5.49. The van der Waals surface area contributed by atoms with E-state index in [9.17, 15) is 9.18 Å². The van der Waals surface area contributed by atoms with Gasteiger partial charge in [-0.05, 0) is 51.2 Å². The maximum Gasteiger partial charge on any atom is 0.226 e. The predicted octanol–water partition coefficient (Wildman–Crippen LogP) is 4.53. The minimum Gasteiger partial charge on any atom is -0.354 e. The number of rotatable bonds is 7. The number of thiazole rings is 1. The van der Waals surface area contributed by atoms with Crippen LogP contribution in [0.3, 0.4) is 0 Å². The molecule has 0 spiro atoms. The van der Waals surface area contributed by atoms with Crippen LogP contribution in [0.5, 0.6) is 0 Å². The van der Waals surface area contributed by atoms with Gasteiger partial charge in [-0.1, -0.05) is 35.9 Å². The first-order chi connectivity index (χ1) is 13.8. The average Bonchev–Trinajstić information content (AvgIpc) is 3.09. The Morgan fingerprint density at radius 3 is 2.69 bits per heavy atom. The van der Waals surface area contributed by atoms with Crippen LogP contribution >= 0.6 is 11.3 Å². The number of carbonyl (C=O) groups excluding carboxylic acids is 1. The van der Waals surface area contributed by atoms with Gasteiger partial charge in [0.05, 0.1) is 18.2 Å². The van der Waals surface area contributed by atoms with Gasteiger partial charge >= 0.3 is 0 Å². The number of carbonyl (C=O) groups is 1. The number of nitrogens with zero attached hydrogens (tertiary/aromatic N) is 2. The third-order valence-corrected chi connectivity index (χ3v) is 5.78. The van der Waals surface area contributed by atoms with Gasteiger partial charge in [0.1, 0.15) is 10.8 Å². The Bertz CT molecular complexity index is 999. The molecule has 1 N–H and O–H groups in total. The normalized spacial score (nSPS) is 12.2. The zero-order chi connectivity index (χ0) is 21.0. The molecule has 0 aliphatic carbocycles. The molecular weight excluding hydrogens is 385 g/mol. The van der Waals surface area contributed by atoms with Crippen LogP contribution in [-0.2, 0) is 11.2 Å². The fourth-order valence-corrected chi connectivity index (χ4v) is 4.23. The Hall–Kier alpha value is -2.57. The Morgan fingerprint density at radius 2 is 2.00 bits per heavy atom. The van der Waals surface area contributed by atoms with Crippen LogP contribution in [-0.4, -0.2) is 36.4 Å². The summed E-state index contributed by atoms with van der Waals surface area (Å²) in [5.41, 5.74) is 5.09. The third-order valence-electron chi connectivity index (χ3n) is 4.86. The summed E-state index contributed by atoms with van der Waals surface area (Å²) >= 11 is 1.55. The van der Waals surface area contributed by atoms with E-state index in [0.717, 1.165) is 21.8 Å². The number of aryl methyl sites for hydroxylation is 2. The summed E-state index contributed by atoms with van der Waals surface area (Å²) in [7, 11) is 3.83. The number of aromatic nitrogens is 1. The molecule has 29 heavy (non-hydrogen) atoms. The standard InChI is InChI=1S/C23H26FN3OS/c1-15-8-9-20(16(2)10-15)23-26-19(14-29-23)12-22(28)25-13-21(27(3)4)17-6-5-7-18(24)11-17/h5-11,14,21H,12-13H2,1-4H3,(H,25,28). The minimum atomic E-state index is -0.276. The van der Waals surface area contributed by atoms with Crippen LogP contribution < -0.4 is 5.32 Å². The second-order valence-corrected chi connectivity index (χ2v) is 8.34. The van der Waals surface area contributed by atoms with Crippen LogP contribution in [0.1, 0.15) is 28.4 Å². The van der Waals surface area contributed by atoms with E-state index in [1.807, 2.05) is 30.4 Å². The quantitative estimate of drug-likeness (QED) is 0.621. The van der Waals surface area contributed by atoms with Gasteiger partial charge in [-0.2, -0.15) is 0 Å². The second kappa shape index (κ2) is 9.29. The van der Waals surface area contributed by atoms with Gasteiger partial charge in [0, 0.05) is 17.5 Å². The average molecular weight is 412 g/mol. The molecule has 0 fully saturated rings. The van der Waals surface area contributed by atoms with E-state index in [4.69, 9.17) is 0 Å². The van der Waals surface area contributed by atoms with Crippen molar-refractivity contribution in [2.75, 3.05) is 20.6 Å². The van der Waals surface area contributed by atoms with Gasteiger partial charge in [0.25, 0.3) is 0 Å². The van der Waals surface area contributed by atoms with Gasteiger partial charge < -0.3 is 10.2 Å². The number of nitrogens with one attached hydrogen (secondary N) is 1. The molecule has 0 saturated carbocycles. The van der Waals surface area contributed by atoms with E-state index < -0.39 is 0 Å². The predicted molar refractivity (Wildman–Crippen MR) is 117 cm³/mol. The molecule has 1 aromatic heterocycles. The molecule has 3 aromatic rings. The lowest BCUT2D eigenvalue weighted by Crippen LogP contribution is -2.35. The van der Waals surface area contributed by atoms with Crippen molar-refractivity contribution in [3.8, 4) is 10.6 Å². The highest BCUT2D eigenvalue weighted by atomic mass is 32.1. The van der Waals surface area contributed by atoms with E-state index >= 15 is 0 Å². The number of hydrogen-bond acceptors (Lipinski definition) is 4. The molecule has 4 nitrogen and oxygen atoms in total. The molecular formula is C23H26FN3OS. The summed E-state index contributed by atoms with van der Waals surface area (Å²) in [6.07, 6.45) is 0.227. The van der Waals surface area contributed by atoms with Crippen molar-refractivity contribution in [2.45, 2.75) is 26.3 Å². The van der Waals surface area contributed by atoms with Crippen molar-refractivity contribution in [2.24, 2.45) is 0 Å². The van der Waals surface area contributed by atoms with Crippen LogP contribution in [0.15, 0.2) is 47.8 Å². The van der Waals surface area contributed by atoms with Crippen LogP contribution in [0.25, 0.3) is 10.6 Å². The highest BCUT2D eigenvalue weighted by Gasteiger charge is 2.17. The molecule has 0 aliphatic heterocycles. The molecule has 1 heterocycles. The first-order valence-electron chi connectivity index (χ1n) is 9.54. The fourth-order valence-electron chi connectivity index (χ4n) is 3.32. The molecule has 1 atom stereocenters. The molecule has 0 saturated heterocycles. The second-order valence-electron chi connectivity index (χ2n) is 7.48. The molecule has 1 unspecified atom stereocenters. The summed E-state index contributed by atoms with van der Waals surface area (Å²) in [5, 5.41) is 5.82. The van der Waals surface area contributed by atoms with E-state index in [1.54, 1.807) is 17.4 Å². The molecule has 3 rings (SSSR count). The SMILES string of the molecule is Cc1ccc(-c2nc(CC(=O)NCC(c3cccc(F)c3)N(C)C)cs2)c(C)c1. The Kier molecular flexibility index (Phi) is 6.77. The lowest BCUT2D eigenvalue weighted by Gasteiger charge is -2.25. The summed E-state index contributed by atoms with van der Waals surface area (Å²) in [6.45, 7) is 4.55. The van der Waals surface area contributed by atoms with Crippen molar-refractivity contribution >= 4 is 17.2 Å². The van der Waals surface area contributed by atoms with Crippen LogP contribution in [0.2, 0.25) is 0 Å². The molecule has 152 valence electrons. The van der Waals surface area contributed by atoms with Crippen molar-refractivity contribution in [1.82, 2.24) is 15.2 Å². The first kappa shape index (κ1) is 21.1. The molecule has 1 amide bonds. The van der Waals surface area contributed by atoms with Gasteiger partial charge in [0.15, 0.2) is 0 Å². The van der Waals surface area contributed by atoms with E-state index in [1.165, 1.54) is 23.3 Å². The van der Waals surface area contributed by atoms with Gasteiger partial charge in [0.2, 0.25) is 5.91 Å². The molecule has 0 radical (unpaired) electrons. The Balaban J connectivity index is 1.62. The van der Waals surface area contributed by atoms with Crippen LogP contribution in [0, 0.1) is 19.7 Å². The molecule has 0 bridgehead atoms. The minimum absolute atomic E-state index is 0.0919.